The quantitative estimate of drug-likeness (QED) is 0.908. The number of benzene rings is 2. The van der Waals surface area contributed by atoms with Crippen molar-refractivity contribution >= 4 is 23.2 Å². The molecule has 0 saturated carbocycles. The first kappa shape index (κ1) is 13.2. The molecule has 0 aliphatic rings. The fourth-order valence-electron chi connectivity index (χ4n) is 1.64. The molecule has 0 aliphatic carbocycles. The Morgan fingerprint density at radius 2 is 1.78 bits per heavy atom. The van der Waals surface area contributed by atoms with E-state index in [1.807, 2.05) is 24.3 Å². The summed E-state index contributed by atoms with van der Waals surface area (Å²) in [5.74, 6) is 1.31. The van der Waals surface area contributed by atoms with Crippen LogP contribution in [0.5, 0.6) is 11.5 Å². The van der Waals surface area contributed by atoms with Crippen LogP contribution in [0.25, 0.3) is 0 Å². The number of para-hydroxylation sites is 1. The van der Waals surface area contributed by atoms with Gasteiger partial charge in [-0.05, 0) is 36.7 Å². The second kappa shape index (κ2) is 6.10. The Kier molecular flexibility index (Phi) is 4.48. The van der Waals surface area contributed by atoms with E-state index in [1.54, 1.807) is 18.2 Å². The Hall–Kier alpha value is -1.22. The minimum absolute atomic E-state index is 0.530. The van der Waals surface area contributed by atoms with Crippen LogP contribution in [0.2, 0.25) is 10.0 Å². The van der Waals surface area contributed by atoms with E-state index in [1.165, 1.54) is 0 Å². The molecule has 2 aromatic carbocycles. The van der Waals surface area contributed by atoms with Crippen molar-refractivity contribution in [3.63, 3.8) is 0 Å². The number of nitrogens with two attached hydrogens (primary N) is 1. The molecule has 0 radical (unpaired) electrons. The van der Waals surface area contributed by atoms with Crippen molar-refractivity contribution in [2.75, 3.05) is 6.54 Å². The Morgan fingerprint density at radius 3 is 2.56 bits per heavy atom. The van der Waals surface area contributed by atoms with Crippen molar-refractivity contribution in [1.29, 1.82) is 0 Å². The molecule has 0 heterocycles. The van der Waals surface area contributed by atoms with Crippen molar-refractivity contribution in [3.8, 4) is 11.5 Å². The zero-order chi connectivity index (χ0) is 13.0. The standard InChI is InChI=1S/C14H13Cl2NO/c15-11-5-6-12(16)14(9-11)18-13-4-2-1-3-10(13)7-8-17/h1-6,9H,7-8,17H2. The summed E-state index contributed by atoms with van der Waals surface area (Å²) in [6, 6.07) is 12.9. The third kappa shape index (κ3) is 3.16. The summed E-state index contributed by atoms with van der Waals surface area (Å²) in [6.07, 6.45) is 0.758. The van der Waals surface area contributed by atoms with Gasteiger partial charge < -0.3 is 10.5 Å². The highest BCUT2D eigenvalue weighted by molar-refractivity contribution is 6.34. The molecule has 0 aromatic heterocycles. The van der Waals surface area contributed by atoms with Crippen LogP contribution >= 0.6 is 23.2 Å². The van der Waals surface area contributed by atoms with Crippen LogP contribution in [0, 0.1) is 0 Å². The van der Waals surface area contributed by atoms with Gasteiger partial charge in [0, 0.05) is 11.1 Å². The number of halogens is 2. The van der Waals surface area contributed by atoms with E-state index in [0.29, 0.717) is 22.3 Å². The third-order valence-corrected chi connectivity index (χ3v) is 3.05. The topological polar surface area (TPSA) is 35.2 Å². The maximum atomic E-state index is 6.07. The van der Waals surface area contributed by atoms with Crippen molar-refractivity contribution in [3.05, 3.63) is 58.1 Å². The van der Waals surface area contributed by atoms with Crippen LogP contribution in [0.4, 0.5) is 0 Å². The second-order valence-corrected chi connectivity index (χ2v) is 4.67. The lowest BCUT2D eigenvalue weighted by atomic mass is 10.1. The van der Waals surface area contributed by atoms with Gasteiger partial charge in [-0.25, -0.2) is 0 Å². The molecular formula is C14H13Cl2NO. The van der Waals surface area contributed by atoms with Crippen LogP contribution in [0.15, 0.2) is 42.5 Å². The number of hydrogen-bond donors (Lipinski definition) is 1. The van der Waals surface area contributed by atoms with Gasteiger partial charge in [0.05, 0.1) is 5.02 Å². The molecule has 2 rings (SSSR count). The predicted molar refractivity (Wildman–Crippen MR) is 75.7 cm³/mol. The average molecular weight is 282 g/mol. The highest BCUT2D eigenvalue weighted by atomic mass is 35.5. The minimum atomic E-state index is 0.530. The molecule has 2 N–H and O–H groups in total. The lowest BCUT2D eigenvalue weighted by Crippen LogP contribution is -2.03. The van der Waals surface area contributed by atoms with Gasteiger partial charge in [0.15, 0.2) is 0 Å². The summed E-state index contributed by atoms with van der Waals surface area (Å²) in [5, 5.41) is 1.12. The normalized spacial score (nSPS) is 10.4. The van der Waals surface area contributed by atoms with Crippen LogP contribution in [-0.2, 0) is 6.42 Å². The van der Waals surface area contributed by atoms with E-state index < -0.39 is 0 Å². The van der Waals surface area contributed by atoms with Gasteiger partial charge in [-0.3, -0.25) is 0 Å². The molecule has 94 valence electrons. The largest absolute Gasteiger partial charge is 0.455 e. The van der Waals surface area contributed by atoms with Crippen molar-refractivity contribution in [1.82, 2.24) is 0 Å². The lowest BCUT2D eigenvalue weighted by Gasteiger charge is -2.11. The smallest absolute Gasteiger partial charge is 0.147 e. The molecular weight excluding hydrogens is 269 g/mol. The summed E-state index contributed by atoms with van der Waals surface area (Å²) in [4.78, 5) is 0. The summed E-state index contributed by atoms with van der Waals surface area (Å²) < 4.78 is 5.80. The molecule has 0 unspecified atom stereocenters. The molecule has 0 aliphatic heterocycles. The van der Waals surface area contributed by atoms with Gasteiger partial charge in [0.25, 0.3) is 0 Å². The lowest BCUT2D eigenvalue weighted by molar-refractivity contribution is 0.476. The van der Waals surface area contributed by atoms with Gasteiger partial charge in [0.2, 0.25) is 0 Å². The first-order valence-corrected chi connectivity index (χ1v) is 6.37. The SMILES string of the molecule is NCCc1ccccc1Oc1cc(Cl)ccc1Cl. The molecule has 0 fully saturated rings. The Balaban J connectivity index is 2.30. The summed E-state index contributed by atoms with van der Waals surface area (Å²) >= 11 is 12.0. The van der Waals surface area contributed by atoms with Gasteiger partial charge in [-0.15, -0.1) is 0 Å². The van der Waals surface area contributed by atoms with Crippen molar-refractivity contribution in [2.45, 2.75) is 6.42 Å². The molecule has 2 aromatic rings. The Bertz CT molecular complexity index is 543. The second-order valence-electron chi connectivity index (χ2n) is 3.82. The number of hydrogen-bond acceptors (Lipinski definition) is 2. The van der Waals surface area contributed by atoms with Crippen LogP contribution in [0.1, 0.15) is 5.56 Å². The van der Waals surface area contributed by atoms with E-state index in [9.17, 15) is 0 Å². The first-order valence-electron chi connectivity index (χ1n) is 5.61. The molecule has 0 saturated heterocycles. The van der Waals surface area contributed by atoms with Crippen molar-refractivity contribution in [2.24, 2.45) is 5.73 Å². The maximum Gasteiger partial charge on any atom is 0.147 e. The summed E-state index contributed by atoms with van der Waals surface area (Å²) in [7, 11) is 0. The first-order chi connectivity index (χ1) is 8.70. The zero-order valence-electron chi connectivity index (χ0n) is 9.70. The van der Waals surface area contributed by atoms with Gasteiger partial charge in [-0.2, -0.15) is 0 Å². The van der Waals surface area contributed by atoms with E-state index >= 15 is 0 Å². The summed E-state index contributed by atoms with van der Waals surface area (Å²) in [6.45, 7) is 0.573. The summed E-state index contributed by atoms with van der Waals surface area (Å²) in [5.41, 5.74) is 6.63. The average Bonchev–Trinajstić information content (AvgIpc) is 2.36. The molecule has 18 heavy (non-hydrogen) atoms. The van der Waals surface area contributed by atoms with Gasteiger partial charge in [0.1, 0.15) is 11.5 Å². The molecule has 4 heteroatoms. The maximum absolute atomic E-state index is 6.07. The van der Waals surface area contributed by atoms with Crippen LogP contribution in [0.3, 0.4) is 0 Å². The molecule has 0 bridgehead atoms. The molecule has 2 nitrogen and oxygen atoms in total. The van der Waals surface area contributed by atoms with E-state index in [4.69, 9.17) is 33.7 Å². The van der Waals surface area contributed by atoms with Gasteiger partial charge in [-0.1, -0.05) is 41.4 Å². The predicted octanol–water partition coefficient (Wildman–Crippen LogP) is 4.29. The fourth-order valence-corrected chi connectivity index (χ4v) is 1.96. The monoisotopic (exact) mass is 281 g/mol. The highest BCUT2D eigenvalue weighted by Gasteiger charge is 2.07. The van der Waals surface area contributed by atoms with Crippen molar-refractivity contribution < 1.29 is 4.74 Å². The van der Waals surface area contributed by atoms with Crippen LogP contribution < -0.4 is 10.5 Å². The molecule has 0 spiro atoms. The van der Waals surface area contributed by atoms with E-state index in [-0.39, 0.29) is 0 Å². The van der Waals surface area contributed by atoms with Crippen LogP contribution in [-0.4, -0.2) is 6.54 Å². The molecule has 0 amide bonds. The third-order valence-electron chi connectivity index (χ3n) is 2.50. The highest BCUT2D eigenvalue weighted by Crippen LogP contribution is 2.33. The Labute approximate surface area is 116 Å². The zero-order valence-corrected chi connectivity index (χ0v) is 11.2. The van der Waals surface area contributed by atoms with Gasteiger partial charge >= 0.3 is 0 Å². The van der Waals surface area contributed by atoms with E-state index in [0.717, 1.165) is 17.7 Å². The fraction of sp³-hybridized carbons (Fsp3) is 0.143. The molecule has 0 atom stereocenters. The van der Waals surface area contributed by atoms with E-state index in [2.05, 4.69) is 0 Å². The number of ether oxygens (including phenoxy) is 1. The Morgan fingerprint density at radius 1 is 1.00 bits per heavy atom. The number of rotatable bonds is 4. The minimum Gasteiger partial charge on any atom is -0.455 e.